The van der Waals surface area contributed by atoms with E-state index in [1.54, 1.807) is 26.4 Å². The van der Waals surface area contributed by atoms with Crippen LogP contribution >= 0.6 is 0 Å². The Hall–Kier alpha value is -3.61. The normalized spacial score (nSPS) is 10.3. The third-order valence-electron chi connectivity index (χ3n) is 4.21. The minimum atomic E-state index is -0.262. The van der Waals surface area contributed by atoms with E-state index in [9.17, 15) is 4.79 Å². The molecule has 0 atom stereocenters. The van der Waals surface area contributed by atoms with Crippen molar-refractivity contribution in [3.8, 4) is 11.5 Å². The number of ether oxygens (including phenoxy) is 2. The number of hydrogen-bond donors (Lipinski definition) is 2. The Kier molecular flexibility index (Phi) is 5.74. The Bertz CT molecular complexity index is 987. The van der Waals surface area contributed by atoms with Crippen molar-refractivity contribution in [1.82, 2.24) is 9.97 Å². The van der Waals surface area contributed by atoms with Gasteiger partial charge < -0.3 is 20.1 Å². The Labute approximate surface area is 163 Å². The Morgan fingerprint density at radius 1 is 0.929 bits per heavy atom. The van der Waals surface area contributed by atoms with Crippen molar-refractivity contribution in [3.63, 3.8) is 0 Å². The minimum Gasteiger partial charge on any atom is -0.497 e. The van der Waals surface area contributed by atoms with Crippen LogP contribution in [-0.4, -0.2) is 30.1 Å². The topological polar surface area (TPSA) is 85.4 Å². The summed E-state index contributed by atoms with van der Waals surface area (Å²) in [6.45, 7) is 3.92. The van der Waals surface area contributed by atoms with E-state index in [4.69, 9.17) is 9.47 Å². The van der Waals surface area contributed by atoms with Crippen molar-refractivity contribution in [3.05, 3.63) is 65.5 Å². The molecule has 0 spiro atoms. The Balaban J connectivity index is 1.73. The molecule has 3 aromatic rings. The van der Waals surface area contributed by atoms with E-state index in [0.717, 1.165) is 16.8 Å². The number of nitrogens with one attached hydrogen (secondary N) is 2. The molecule has 2 N–H and O–H groups in total. The van der Waals surface area contributed by atoms with Crippen molar-refractivity contribution >= 4 is 23.2 Å². The summed E-state index contributed by atoms with van der Waals surface area (Å²) in [5.41, 5.74) is 3.90. The van der Waals surface area contributed by atoms with Gasteiger partial charge in [-0.2, -0.15) is 0 Å². The number of hydrogen-bond acceptors (Lipinski definition) is 6. The summed E-state index contributed by atoms with van der Waals surface area (Å²) in [5, 5.41) is 5.97. The van der Waals surface area contributed by atoms with Gasteiger partial charge in [0.1, 0.15) is 11.5 Å². The summed E-state index contributed by atoms with van der Waals surface area (Å²) in [6.07, 6.45) is 2.96. The number of aromatic nitrogens is 2. The highest BCUT2D eigenvalue weighted by Gasteiger charge is 2.11. The summed E-state index contributed by atoms with van der Waals surface area (Å²) in [7, 11) is 3.16. The van der Waals surface area contributed by atoms with Gasteiger partial charge in [0.05, 0.1) is 25.5 Å². The van der Waals surface area contributed by atoms with Crippen molar-refractivity contribution in [2.75, 3.05) is 24.9 Å². The smallest absolute Gasteiger partial charge is 0.258 e. The van der Waals surface area contributed by atoms with Crippen LogP contribution in [0.5, 0.6) is 11.5 Å². The first-order valence-corrected chi connectivity index (χ1v) is 8.70. The van der Waals surface area contributed by atoms with Crippen molar-refractivity contribution in [1.29, 1.82) is 0 Å². The first-order valence-electron chi connectivity index (χ1n) is 8.70. The van der Waals surface area contributed by atoms with Gasteiger partial charge in [0.15, 0.2) is 0 Å². The van der Waals surface area contributed by atoms with Crippen molar-refractivity contribution in [2.45, 2.75) is 13.8 Å². The number of nitrogens with zero attached hydrogens (tertiary/aromatic N) is 2. The second kappa shape index (κ2) is 8.39. The lowest BCUT2D eigenvalue weighted by Gasteiger charge is -2.12. The molecule has 0 radical (unpaired) electrons. The molecule has 0 aliphatic heterocycles. The monoisotopic (exact) mass is 378 g/mol. The maximum absolute atomic E-state index is 12.5. The van der Waals surface area contributed by atoms with Crippen LogP contribution in [0.25, 0.3) is 0 Å². The van der Waals surface area contributed by atoms with Crippen molar-refractivity contribution < 1.29 is 14.3 Å². The molecule has 1 heterocycles. The molecule has 28 heavy (non-hydrogen) atoms. The van der Waals surface area contributed by atoms with E-state index in [-0.39, 0.29) is 5.91 Å². The van der Waals surface area contributed by atoms with Crippen LogP contribution in [0.15, 0.2) is 48.8 Å². The van der Waals surface area contributed by atoms with Crippen molar-refractivity contribution in [2.24, 2.45) is 0 Å². The molecule has 3 rings (SSSR count). The van der Waals surface area contributed by atoms with Gasteiger partial charge in [0.2, 0.25) is 5.95 Å². The van der Waals surface area contributed by atoms with Crippen LogP contribution in [0.1, 0.15) is 21.5 Å². The molecule has 7 heteroatoms. The van der Waals surface area contributed by atoms with E-state index in [2.05, 4.69) is 20.6 Å². The van der Waals surface area contributed by atoms with E-state index in [1.165, 1.54) is 12.4 Å². The average molecular weight is 378 g/mol. The summed E-state index contributed by atoms with van der Waals surface area (Å²) in [4.78, 5) is 20.9. The van der Waals surface area contributed by atoms with Crippen LogP contribution in [0.3, 0.4) is 0 Å². The Morgan fingerprint density at radius 2 is 1.68 bits per heavy atom. The number of benzene rings is 2. The largest absolute Gasteiger partial charge is 0.497 e. The fourth-order valence-electron chi connectivity index (χ4n) is 2.60. The fraction of sp³-hybridized carbons (Fsp3) is 0.190. The average Bonchev–Trinajstić information content (AvgIpc) is 2.71. The zero-order valence-electron chi connectivity index (χ0n) is 16.2. The molecule has 0 aliphatic rings. The van der Waals surface area contributed by atoms with Gasteiger partial charge in [-0.1, -0.05) is 12.1 Å². The number of amides is 1. The van der Waals surface area contributed by atoms with E-state index >= 15 is 0 Å². The zero-order chi connectivity index (χ0) is 20.1. The lowest BCUT2D eigenvalue weighted by molar-refractivity contribution is 0.102. The van der Waals surface area contributed by atoms with Gasteiger partial charge in [0, 0.05) is 24.1 Å². The first kappa shape index (κ1) is 19.2. The lowest BCUT2D eigenvalue weighted by atomic mass is 10.1. The molecule has 0 bridgehead atoms. The molecule has 0 fully saturated rings. The van der Waals surface area contributed by atoms with Crippen LogP contribution in [0.2, 0.25) is 0 Å². The molecule has 0 saturated carbocycles. The zero-order valence-corrected chi connectivity index (χ0v) is 16.2. The molecule has 7 nitrogen and oxygen atoms in total. The van der Waals surface area contributed by atoms with Gasteiger partial charge in [-0.15, -0.1) is 0 Å². The standard InChI is InChI=1S/C21H22N4O3/c1-13-5-6-14(2)18(9-13)24-20(26)15-11-22-21(23-12-15)25-17-8-7-16(27-3)10-19(17)28-4/h5-12H,1-4H3,(H,24,26)(H,22,23,25). The number of carbonyl (C=O) groups is 1. The second-order valence-electron chi connectivity index (χ2n) is 6.26. The molecule has 1 aromatic heterocycles. The first-order chi connectivity index (χ1) is 13.5. The van der Waals surface area contributed by atoms with Gasteiger partial charge in [0.25, 0.3) is 5.91 Å². The van der Waals surface area contributed by atoms with Gasteiger partial charge in [-0.25, -0.2) is 9.97 Å². The van der Waals surface area contributed by atoms with Gasteiger partial charge in [-0.3, -0.25) is 4.79 Å². The number of methoxy groups -OCH3 is 2. The molecule has 0 aliphatic carbocycles. The number of aryl methyl sites for hydroxylation is 2. The van der Waals surface area contributed by atoms with E-state index < -0.39 is 0 Å². The van der Waals surface area contributed by atoms with Crippen LogP contribution in [0, 0.1) is 13.8 Å². The molecule has 2 aromatic carbocycles. The molecular weight excluding hydrogens is 356 g/mol. The van der Waals surface area contributed by atoms with Crippen LogP contribution < -0.4 is 20.1 Å². The summed E-state index contributed by atoms with van der Waals surface area (Å²) in [5.74, 6) is 1.37. The summed E-state index contributed by atoms with van der Waals surface area (Å²) in [6, 6.07) is 11.3. The SMILES string of the molecule is COc1ccc(Nc2ncc(C(=O)Nc3cc(C)ccc3C)cn2)c(OC)c1. The fourth-order valence-corrected chi connectivity index (χ4v) is 2.60. The molecule has 1 amide bonds. The van der Waals surface area contributed by atoms with E-state index in [0.29, 0.717) is 28.7 Å². The second-order valence-corrected chi connectivity index (χ2v) is 6.26. The molecule has 144 valence electrons. The van der Waals surface area contributed by atoms with E-state index in [1.807, 2.05) is 38.1 Å². The van der Waals surface area contributed by atoms with Crippen LogP contribution in [-0.2, 0) is 0 Å². The maximum atomic E-state index is 12.5. The molecular formula is C21H22N4O3. The predicted octanol–water partition coefficient (Wildman–Crippen LogP) is 4.11. The minimum absolute atomic E-state index is 0.262. The maximum Gasteiger partial charge on any atom is 0.258 e. The van der Waals surface area contributed by atoms with Crippen LogP contribution in [0.4, 0.5) is 17.3 Å². The summed E-state index contributed by atoms with van der Waals surface area (Å²) < 4.78 is 10.5. The highest BCUT2D eigenvalue weighted by Crippen LogP contribution is 2.30. The number of anilines is 3. The predicted molar refractivity (Wildman–Crippen MR) is 109 cm³/mol. The molecule has 0 saturated heterocycles. The highest BCUT2D eigenvalue weighted by atomic mass is 16.5. The number of rotatable bonds is 6. The third-order valence-corrected chi connectivity index (χ3v) is 4.21. The van der Waals surface area contributed by atoms with Gasteiger partial charge >= 0.3 is 0 Å². The van der Waals surface area contributed by atoms with Gasteiger partial charge in [-0.05, 0) is 43.2 Å². The highest BCUT2D eigenvalue weighted by molar-refractivity contribution is 6.04. The Morgan fingerprint density at radius 3 is 2.36 bits per heavy atom. The number of carbonyl (C=O) groups excluding carboxylic acids is 1. The lowest BCUT2D eigenvalue weighted by Crippen LogP contribution is -2.14. The summed E-state index contributed by atoms with van der Waals surface area (Å²) >= 11 is 0. The third kappa shape index (κ3) is 4.37. The molecule has 0 unspecified atom stereocenters. The quantitative estimate of drug-likeness (QED) is 0.671.